The van der Waals surface area contributed by atoms with Crippen LogP contribution in [0.4, 0.5) is 5.82 Å². The number of hydrogen-bond acceptors (Lipinski definition) is 6. The van der Waals surface area contributed by atoms with E-state index in [1.54, 1.807) is 17.7 Å². The van der Waals surface area contributed by atoms with Gasteiger partial charge in [-0.3, -0.25) is 4.40 Å². The van der Waals surface area contributed by atoms with E-state index in [-0.39, 0.29) is 0 Å². The van der Waals surface area contributed by atoms with Gasteiger partial charge in [0.25, 0.3) is 0 Å². The van der Waals surface area contributed by atoms with E-state index in [0.29, 0.717) is 5.92 Å². The van der Waals surface area contributed by atoms with Crippen molar-refractivity contribution in [3.63, 3.8) is 0 Å². The van der Waals surface area contributed by atoms with Gasteiger partial charge in [-0.1, -0.05) is 6.07 Å². The summed E-state index contributed by atoms with van der Waals surface area (Å²) in [4.78, 5) is 13.7. The monoisotopic (exact) mass is 350 g/mol. The lowest BCUT2D eigenvalue weighted by atomic mass is 9.97. The zero-order valence-electron chi connectivity index (χ0n) is 14.0. The molecule has 6 nitrogen and oxygen atoms in total. The molecule has 0 radical (unpaired) electrons. The molecule has 1 aliphatic rings. The zero-order chi connectivity index (χ0) is 16.8. The average Bonchev–Trinajstić information content (AvgIpc) is 3.24. The van der Waals surface area contributed by atoms with Crippen molar-refractivity contribution in [3.05, 3.63) is 47.5 Å². The number of hydrogen-bond donors (Lipinski definition) is 0. The molecule has 5 rings (SSSR count). The quantitative estimate of drug-likeness (QED) is 0.554. The molecule has 0 bridgehead atoms. The van der Waals surface area contributed by atoms with Gasteiger partial charge in [-0.2, -0.15) is 0 Å². The Balaban J connectivity index is 1.52. The molecule has 0 saturated carbocycles. The largest absolute Gasteiger partial charge is 0.355 e. The normalized spacial score (nSPS) is 18.3. The summed E-state index contributed by atoms with van der Waals surface area (Å²) >= 11 is 1.73. The lowest BCUT2D eigenvalue weighted by Gasteiger charge is -2.33. The first-order valence-corrected chi connectivity index (χ1v) is 9.37. The number of thiophene rings is 1. The van der Waals surface area contributed by atoms with Crippen LogP contribution in [0.2, 0.25) is 0 Å². The molecule has 0 spiro atoms. The van der Waals surface area contributed by atoms with Gasteiger partial charge >= 0.3 is 0 Å². The minimum Gasteiger partial charge on any atom is -0.355 e. The van der Waals surface area contributed by atoms with Crippen LogP contribution in [0.15, 0.2) is 36.8 Å². The van der Waals surface area contributed by atoms with Gasteiger partial charge in [-0.25, -0.2) is 9.97 Å². The lowest BCUT2D eigenvalue weighted by molar-refractivity contribution is 0.486. The summed E-state index contributed by atoms with van der Waals surface area (Å²) in [6.45, 7) is 4.06. The fraction of sp³-hybridized carbons (Fsp3) is 0.333. The second kappa shape index (κ2) is 5.77. The topological polar surface area (TPSA) is 59.2 Å². The van der Waals surface area contributed by atoms with E-state index in [9.17, 15) is 0 Å². The fourth-order valence-electron chi connectivity index (χ4n) is 3.73. The molecule has 7 heteroatoms. The Kier molecular flexibility index (Phi) is 3.41. The first-order valence-electron chi connectivity index (χ1n) is 8.55. The second-order valence-electron chi connectivity index (χ2n) is 6.55. The molecule has 1 aliphatic heterocycles. The van der Waals surface area contributed by atoms with E-state index in [1.807, 2.05) is 18.2 Å². The number of aryl methyl sites for hydroxylation is 1. The molecule has 0 aromatic carbocycles. The number of pyridine rings is 1. The molecular weight excluding hydrogens is 332 g/mol. The Morgan fingerprint density at radius 2 is 2.16 bits per heavy atom. The Morgan fingerprint density at radius 1 is 1.20 bits per heavy atom. The van der Waals surface area contributed by atoms with E-state index in [0.717, 1.165) is 53.4 Å². The molecule has 0 aliphatic carbocycles. The smallest absolute Gasteiger partial charge is 0.160 e. The summed E-state index contributed by atoms with van der Waals surface area (Å²) < 4.78 is 2.11. The minimum atomic E-state index is 0.357. The van der Waals surface area contributed by atoms with Gasteiger partial charge in [-0.15, -0.1) is 21.5 Å². The predicted octanol–water partition coefficient (Wildman–Crippen LogP) is 3.43. The molecule has 5 heterocycles. The third kappa shape index (κ3) is 2.46. The molecule has 0 N–H and O–H groups in total. The van der Waals surface area contributed by atoms with E-state index >= 15 is 0 Å². The van der Waals surface area contributed by atoms with Crippen molar-refractivity contribution in [1.82, 2.24) is 24.6 Å². The highest BCUT2D eigenvalue weighted by atomic mass is 32.1. The van der Waals surface area contributed by atoms with Crippen LogP contribution in [-0.2, 0) is 0 Å². The van der Waals surface area contributed by atoms with Crippen LogP contribution in [0.1, 0.15) is 29.5 Å². The summed E-state index contributed by atoms with van der Waals surface area (Å²) in [5.41, 5.74) is 0.910. The fourth-order valence-corrected chi connectivity index (χ4v) is 4.58. The molecule has 4 aromatic heterocycles. The van der Waals surface area contributed by atoms with Crippen molar-refractivity contribution in [2.75, 3.05) is 18.0 Å². The highest BCUT2D eigenvalue weighted by Crippen LogP contribution is 2.34. The van der Waals surface area contributed by atoms with Gasteiger partial charge in [0.15, 0.2) is 5.65 Å². The highest BCUT2D eigenvalue weighted by molar-refractivity contribution is 7.18. The Hall–Kier alpha value is -2.54. The molecule has 1 fully saturated rings. The van der Waals surface area contributed by atoms with Crippen molar-refractivity contribution in [2.24, 2.45) is 0 Å². The van der Waals surface area contributed by atoms with Crippen LogP contribution in [0.3, 0.4) is 0 Å². The summed E-state index contributed by atoms with van der Waals surface area (Å²) in [7, 11) is 0. The zero-order valence-corrected chi connectivity index (χ0v) is 14.8. The third-order valence-electron chi connectivity index (χ3n) is 4.86. The first kappa shape index (κ1) is 14.8. The molecule has 1 saturated heterocycles. The van der Waals surface area contributed by atoms with Crippen molar-refractivity contribution in [3.8, 4) is 0 Å². The lowest BCUT2D eigenvalue weighted by Crippen LogP contribution is -2.35. The van der Waals surface area contributed by atoms with Crippen LogP contribution in [0.5, 0.6) is 0 Å². The number of anilines is 1. The summed E-state index contributed by atoms with van der Waals surface area (Å²) in [5, 5.41) is 9.95. The predicted molar refractivity (Wildman–Crippen MR) is 99.3 cm³/mol. The highest BCUT2D eigenvalue weighted by Gasteiger charge is 2.27. The van der Waals surface area contributed by atoms with Crippen molar-refractivity contribution >= 4 is 33.0 Å². The average molecular weight is 350 g/mol. The molecule has 0 amide bonds. The van der Waals surface area contributed by atoms with E-state index in [4.69, 9.17) is 0 Å². The second-order valence-corrected chi connectivity index (χ2v) is 7.78. The van der Waals surface area contributed by atoms with Crippen molar-refractivity contribution < 1.29 is 0 Å². The molecule has 25 heavy (non-hydrogen) atoms. The maximum Gasteiger partial charge on any atom is 0.160 e. The summed E-state index contributed by atoms with van der Waals surface area (Å²) in [5.74, 6) is 2.45. The van der Waals surface area contributed by atoms with Gasteiger partial charge in [0, 0.05) is 30.1 Å². The summed E-state index contributed by atoms with van der Waals surface area (Å²) in [6.07, 6.45) is 5.99. The van der Waals surface area contributed by atoms with Crippen molar-refractivity contribution in [2.45, 2.75) is 25.7 Å². The van der Waals surface area contributed by atoms with E-state index < -0.39 is 0 Å². The first-order chi connectivity index (χ1) is 12.3. The summed E-state index contributed by atoms with van der Waals surface area (Å²) in [6, 6.07) is 8.23. The van der Waals surface area contributed by atoms with Gasteiger partial charge in [0.1, 0.15) is 22.8 Å². The molecular formula is C18H18N6S. The molecule has 4 aromatic rings. The van der Waals surface area contributed by atoms with Crippen LogP contribution in [0, 0.1) is 6.92 Å². The van der Waals surface area contributed by atoms with Crippen LogP contribution in [-0.4, -0.2) is 37.7 Å². The van der Waals surface area contributed by atoms with Gasteiger partial charge in [-0.05, 0) is 38.0 Å². The van der Waals surface area contributed by atoms with E-state index in [1.165, 1.54) is 4.88 Å². The van der Waals surface area contributed by atoms with Crippen molar-refractivity contribution in [1.29, 1.82) is 0 Å². The molecule has 126 valence electrons. The number of rotatable bonds is 2. The number of nitrogens with zero attached hydrogens (tertiary/aromatic N) is 6. The minimum absolute atomic E-state index is 0.357. The maximum atomic E-state index is 4.60. The molecule has 1 atom stereocenters. The van der Waals surface area contributed by atoms with Crippen LogP contribution in [0.25, 0.3) is 15.9 Å². The Morgan fingerprint density at radius 3 is 3.12 bits per heavy atom. The third-order valence-corrected chi connectivity index (χ3v) is 5.82. The SMILES string of the molecule is Cc1cc2c(N3CCCC(c4nnc5ccccn45)C3)ncnc2s1. The molecule has 1 unspecified atom stereocenters. The standard InChI is InChI=1S/C18H18N6S/c1-12-9-14-17(19-11-20-18(14)25-12)23-7-4-5-13(10-23)16-22-21-15-6-2-3-8-24(15)16/h2-3,6,8-9,11,13H,4-5,7,10H2,1H3. The maximum absolute atomic E-state index is 4.60. The van der Waals surface area contributed by atoms with E-state index in [2.05, 4.69) is 48.7 Å². The van der Waals surface area contributed by atoms with Gasteiger partial charge in [0.2, 0.25) is 0 Å². The van der Waals surface area contributed by atoms with Crippen LogP contribution >= 0.6 is 11.3 Å². The van der Waals surface area contributed by atoms with Gasteiger partial charge in [0.05, 0.1) is 5.39 Å². The number of aromatic nitrogens is 5. The van der Waals surface area contributed by atoms with Gasteiger partial charge < -0.3 is 4.90 Å². The number of piperidine rings is 1. The number of fused-ring (bicyclic) bond motifs is 2. The Labute approximate surface area is 149 Å². The van der Waals surface area contributed by atoms with Crippen LogP contribution < -0.4 is 4.90 Å². The Bertz CT molecular complexity index is 1050.